The van der Waals surface area contributed by atoms with Crippen LogP contribution >= 0.6 is 0 Å². The molecule has 0 aliphatic rings. The second-order valence-corrected chi connectivity index (χ2v) is 7.83. The Balaban J connectivity index is 1.93. The molecular formula is C20H27NO4S. The molecule has 0 aliphatic carbocycles. The van der Waals surface area contributed by atoms with Crippen molar-refractivity contribution in [3.63, 3.8) is 0 Å². The minimum absolute atomic E-state index is 0.303. The molecule has 6 heteroatoms. The number of rotatable bonds is 9. The van der Waals surface area contributed by atoms with Crippen molar-refractivity contribution >= 4 is 10.0 Å². The van der Waals surface area contributed by atoms with Crippen LogP contribution in [0, 0.1) is 13.8 Å². The van der Waals surface area contributed by atoms with E-state index in [0.29, 0.717) is 29.4 Å². The number of aryl methyl sites for hydroxylation is 1. The fraction of sp³-hybridized carbons (Fsp3) is 0.400. The molecule has 0 aromatic heterocycles. The third kappa shape index (κ3) is 4.99. The number of hydrogen-bond donors (Lipinski definition) is 1. The van der Waals surface area contributed by atoms with Gasteiger partial charge in [-0.3, -0.25) is 0 Å². The number of methoxy groups -OCH3 is 1. The van der Waals surface area contributed by atoms with Gasteiger partial charge in [0.15, 0.2) is 0 Å². The van der Waals surface area contributed by atoms with Crippen molar-refractivity contribution in [3.05, 3.63) is 53.1 Å². The Morgan fingerprint density at radius 2 is 1.69 bits per heavy atom. The van der Waals surface area contributed by atoms with Crippen molar-refractivity contribution < 1.29 is 17.9 Å². The number of ether oxygens (including phenoxy) is 2. The van der Waals surface area contributed by atoms with Gasteiger partial charge in [0.25, 0.3) is 0 Å². The van der Waals surface area contributed by atoms with Gasteiger partial charge in [0.1, 0.15) is 11.5 Å². The molecular weight excluding hydrogens is 350 g/mol. The normalized spacial score (nSPS) is 11.4. The first kappa shape index (κ1) is 20.3. The average molecular weight is 378 g/mol. The lowest BCUT2D eigenvalue weighted by Gasteiger charge is -2.13. The molecule has 0 atom stereocenters. The summed E-state index contributed by atoms with van der Waals surface area (Å²) in [4.78, 5) is 0.303. The second-order valence-electron chi connectivity index (χ2n) is 6.09. The van der Waals surface area contributed by atoms with E-state index < -0.39 is 10.0 Å². The molecule has 2 aromatic carbocycles. The Labute approximate surface area is 156 Å². The summed E-state index contributed by atoms with van der Waals surface area (Å²) >= 11 is 0. The van der Waals surface area contributed by atoms with Crippen molar-refractivity contribution in [1.29, 1.82) is 0 Å². The van der Waals surface area contributed by atoms with Crippen LogP contribution in [0.15, 0.2) is 41.3 Å². The predicted octanol–water partition coefficient (Wildman–Crippen LogP) is 3.62. The predicted molar refractivity (Wildman–Crippen MR) is 104 cm³/mol. The molecule has 0 radical (unpaired) electrons. The highest BCUT2D eigenvalue weighted by molar-refractivity contribution is 7.89. The van der Waals surface area contributed by atoms with Crippen LogP contribution in [0.25, 0.3) is 0 Å². The smallest absolute Gasteiger partial charge is 0.240 e. The van der Waals surface area contributed by atoms with Crippen LogP contribution in [0.5, 0.6) is 11.5 Å². The van der Waals surface area contributed by atoms with E-state index in [2.05, 4.69) is 4.72 Å². The van der Waals surface area contributed by atoms with E-state index in [1.807, 2.05) is 38.1 Å². The zero-order chi connectivity index (χ0) is 19.2. The Bertz CT molecular complexity index is 830. The van der Waals surface area contributed by atoms with Gasteiger partial charge >= 0.3 is 0 Å². The average Bonchev–Trinajstić information content (AvgIpc) is 2.62. The molecule has 0 heterocycles. The van der Waals surface area contributed by atoms with E-state index in [1.165, 1.54) is 0 Å². The lowest BCUT2D eigenvalue weighted by atomic mass is 10.1. The first-order chi connectivity index (χ1) is 12.4. The first-order valence-corrected chi connectivity index (χ1v) is 10.2. The quantitative estimate of drug-likeness (QED) is 0.678. The van der Waals surface area contributed by atoms with Gasteiger partial charge in [-0.05, 0) is 74.6 Å². The number of benzene rings is 2. The molecule has 0 spiro atoms. The fourth-order valence-electron chi connectivity index (χ4n) is 2.78. The van der Waals surface area contributed by atoms with E-state index in [0.717, 1.165) is 29.7 Å². The Hall–Kier alpha value is -2.05. The van der Waals surface area contributed by atoms with Crippen molar-refractivity contribution in [3.8, 4) is 11.5 Å². The van der Waals surface area contributed by atoms with Gasteiger partial charge in [0.05, 0.1) is 18.6 Å². The molecule has 0 fully saturated rings. The van der Waals surface area contributed by atoms with Gasteiger partial charge in [-0.1, -0.05) is 12.1 Å². The minimum atomic E-state index is -3.53. The van der Waals surface area contributed by atoms with Gasteiger partial charge in [-0.2, -0.15) is 0 Å². The van der Waals surface area contributed by atoms with Crippen LogP contribution in [0.3, 0.4) is 0 Å². The summed E-state index contributed by atoms with van der Waals surface area (Å²) in [7, 11) is -1.95. The standard InChI is InChI=1S/C20H27NO4S/c1-5-25-18-10-8-17(9-11-18)7-6-14-21-26(22,23)20-13-12-19(24-4)15(2)16(20)3/h8-13,21H,5-7,14H2,1-4H3. The highest BCUT2D eigenvalue weighted by Gasteiger charge is 2.18. The maximum absolute atomic E-state index is 12.6. The summed E-state index contributed by atoms with van der Waals surface area (Å²) in [6.45, 7) is 6.64. The van der Waals surface area contributed by atoms with Crippen molar-refractivity contribution in [1.82, 2.24) is 4.72 Å². The summed E-state index contributed by atoms with van der Waals surface area (Å²) < 4.78 is 38.5. The molecule has 0 saturated carbocycles. The van der Waals surface area contributed by atoms with Gasteiger partial charge in [-0.15, -0.1) is 0 Å². The number of hydrogen-bond acceptors (Lipinski definition) is 4. The molecule has 0 unspecified atom stereocenters. The molecule has 0 aliphatic heterocycles. The molecule has 26 heavy (non-hydrogen) atoms. The largest absolute Gasteiger partial charge is 0.496 e. The van der Waals surface area contributed by atoms with Crippen molar-refractivity contribution in [2.24, 2.45) is 0 Å². The van der Waals surface area contributed by atoms with Gasteiger partial charge < -0.3 is 9.47 Å². The van der Waals surface area contributed by atoms with Gasteiger partial charge in [-0.25, -0.2) is 13.1 Å². The topological polar surface area (TPSA) is 64.6 Å². The first-order valence-electron chi connectivity index (χ1n) is 8.74. The van der Waals surface area contributed by atoms with Gasteiger partial charge in [0.2, 0.25) is 10.0 Å². The van der Waals surface area contributed by atoms with Crippen molar-refractivity contribution in [2.45, 2.75) is 38.5 Å². The van der Waals surface area contributed by atoms with Crippen LogP contribution in [0.1, 0.15) is 30.0 Å². The third-order valence-electron chi connectivity index (χ3n) is 4.37. The molecule has 0 bridgehead atoms. The van der Waals surface area contributed by atoms with Crippen LogP contribution in [-0.4, -0.2) is 28.7 Å². The lowest BCUT2D eigenvalue weighted by molar-refractivity contribution is 0.340. The molecule has 2 aromatic rings. The Morgan fingerprint density at radius 1 is 1.00 bits per heavy atom. The summed E-state index contributed by atoms with van der Waals surface area (Å²) in [6.07, 6.45) is 1.52. The minimum Gasteiger partial charge on any atom is -0.496 e. The van der Waals surface area contributed by atoms with E-state index >= 15 is 0 Å². The summed E-state index contributed by atoms with van der Waals surface area (Å²) in [5, 5.41) is 0. The molecule has 1 N–H and O–H groups in total. The maximum Gasteiger partial charge on any atom is 0.240 e. The van der Waals surface area contributed by atoms with Crippen LogP contribution in [0.4, 0.5) is 0 Å². The molecule has 2 rings (SSSR count). The highest BCUT2D eigenvalue weighted by Crippen LogP contribution is 2.26. The number of nitrogens with one attached hydrogen (secondary N) is 1. The van der Waals surface area contributed by atoms with Crippen LogP contribution in [0.2, 0.25) is 0 Å². The Kier molecular flexibility index (Phi) is 7.06. The third-order valence-corrected chi connectivity index (χ3v) is 5.97. The van der Waals surface area contributed by atoms with E-state index in [9.17, 15) is 8.42 Å². The molecule has 0 amide bonds. The zero-order valence-corrected chi connectivity index (χ0v) is 16.7. The summed E-state index contributed by atoms with van der Waals surface area (Å²) in [6, 6.07) is 11.2. The Morgan fingerprint density at radius 3 is 2.31 bits per heavy atom. The molecule has 0 saturated heterocycles. The van der Waals surface area contributed by atoms with E-state index in [1.54, 1.807) is 26.2 Å². The second kappa shape index (κ2) is 9.05. The summed E-state index contributed by atoms with van der Waals surface area (Å²) in [5.41, 5.74) is 2.71. The zero-order valence-electron chi connectivity index (χ0n) is 15.8. The van der Waals surface area contributed by atoms with Crippen molar-refractivity contribution in [2.75, 3.05) is 20.3 Å². The lowest BCUT2D eigenvalue weighted by Crippen LogP contribution is -2.26. The SMILES string of the molecule is CCOc1ccc(CCCNS(=O)(=O)c2ccc(OC)c(C)c2C)cc1. The van der Waals surface area contributed by atoms with Gasteiger partial charge in [0, 0.05) is 6.54 Å². The molecule has 142 valence electrons. The van der Waals surface area contributed by atoms with Crippen LogP contribution in [-0.2, 0) is 16.4 Å². The highest BCUT2D eigenvalue weighted by atomic mass is 32.2. The fourth-order valence-corrected chi connectivity index (χ4v) is 4.15. The summed E-state index contributed by atoms with van der Waals surface area (Å²) in [5.74, 6) is 1.54. The van der Waals surface area contributed by atoms with Crippen LogP contribution < -0.4 is 14.2 Å². The maximum atomic E-state index is 12.6. The van der Waals surface area contributed by atoms with E-state index in [4.69, 9.17) is 9.47 Å². The van der Waals surface area contributed by atoms with E-state index in [-0.39, 0.29) is 0 Å². The molecule has 5 nitrogen and oxygen atoms in total. The monoisotopic (exact) mass is 377 g/mol. The number of sulfonamides is 1.